The normalized spacial score (nSPS) is 10.4. The van der Waals surface area contributed by atoms with Gasteiger partial charge in [-0.25, -0.2) is 0 Å². The van der Waals surface area contributed by atoms with Gasteiger partial charge in [-0.2, -0.15) is 11.3 Å². The summed E-state index contributed by atoms with van der Waals surface area (Å²) in [7, 11) is 3.34. The van der Waals surface area contributed by atoms with Crippen LogP contribution in [-0.2, 0) is 6.54 Å². The van der Waals surface area contributed by atoms with Gasteiger partial charge in [-0.15, -0.1) is 0 Å². The molecule has 4 heteroatoms. The summed E-state index contributed by atoms with van der Waals surface area (Å²) < 4.78 is 10.8. The van der Waals surface area contributed by atoms with Crippen LogP contribution in [0, 0.1) is 6.92 Å². The van der Waals surface area contributed by atoms with Crippen molar-refractivity contribution in [3.8, 4) is 22.6 Å². The first kappa shape index (κ1) is 12.9. The second-order valence-electron chi connectivity index (χ2n) is 3.99. The third kappa shape index (κ3) is 2.09. The SMILES string of the molecule is COc1ccc(-c2cscc2CN)c(OC)c1C. The number of nitrogens with two attached hydrogens (primary N) is 1. The highest BCUT2D eigenvalue weighted by atomic mass is 32.1. The summed E-state index contributed by atoms with van der Waals surface area (Å²) in [5.41, 5.74) is 10.1. The molecule has 2 aromatic rings. The van der Waals surface area contributed by atoms with Crippen LogP contribution in [0.4, 0.5) is 0 Å². The van der Waals surface area contributed by atoms with Gasteiger partial charge in [0.15, 0.2) is 0 Å². The molecular formula is C14H17NO2S. The van der Waals surface area contributed by atoms with E-state index < -0.39 is 0 Å². The van der Waals surface area contributed by atoms with Crippen LogP contribution in [0.1, 0.15) is 11.1 Å². The highest BCUT2D eigenvalue weighted by Gasteiger charge is 2.15. The lowest BCUT2D eigenvalue weighted by atomic mass is 10.0. The maximum Gasteiger partial charge on any atom is 0.133 e. The molecule has 0 saturated carbocycles. The van der Waals surface area contributed by atoms with Gasteiger partial charge in [0.1, 0.15) is 11.5 Å². The first-order chi connectivity index (χ1) is 8.72. The van der Waals surface area contributed by atoms with E-state index in [0.717, 1.165) is 33.8 Å². The zero-order valence-corrected chi connectivity index (χ0v) is 11.6. The van der Waals surface area contributed by atoms with Crippen molar-refractivity contribution in [2.24, 2.45) is 5.73 Å². The highest BCUT2D eigenvalue weighted by Crippen LogP contribution is 2.40. The molecular weight excluding hydrogens is 246 g/mol. The summed E-state index contributed by atoms with van der Waals surface area (Å²) in [6.07, 6.45) is 0. The molecule has 0 aliphatic rings. The maximum absolute atomic E-state index is 5.76. The van der Waals surface area contributed by atoms with Crippen molar-refractivity contribution in [1.29, 1.82) is 0 Å². The minimum atomic E-state index is 0.535. The Labute approximate surface area is 111 Å². The summed E-state index contributed by atoms with van der Waals surface area (Å²) in [5.74, 6) is 1.68. The van der Waals surface area contributed by atoms with Crippen LogP contribution in [0.2, 0.25) is 0 Å². The average molecular weight is 263 g/mol. The quantitative estimate of drug-likeness (QED) is 0.921. The fraction of sp³-hybridized carbons (Fsp3) is 0.286. The first-order valence-corrected chi connectivity index (χ1v) is 6.64. The smallest absolute Gasteiger partial charge is 0.133 e. The van der Waals surface area contributed by atoms with Gasteiger partial charge >= 0.3 is 0 Å². The molecule has 1 heterocycles. The molecule has 96 valence electrons. The molecule has 0 radical (unpaired) electrons. The van der Waals surface area contributed by atoms with Crippen molar-refractivity contribution < 1.29 is 9.47 Å². The van der Waals surface area contributed by atoms with Crippen LogP contribution in [0.5, 0.6) is 11.5 Å². The fourth-order valence-corrected chi connectivity index (χ4v) is 2.96. The van der Waals surface area contributed by atoms with Gasteiger partial charge in [0.25, 0.3) is 0 Å². The van der Waals surface area contributed by atoms with Gasteiger partial charge in [0.05, 0.1) is 14.2 Å². The second-order valence-corrected chi connectivity index (χ2v) is 4.73. The molecule has 1 aromatic heterocycles. The number of hydrogen-bond acceptors (Lipinski definition) is 4. The van der Waals surface area contributed by atoms with E-state index in [2.05, 4.69) is 10.8 Å². The Kier molecular flexibility index (Phi) is 3.89. The molecule has 2 rings (SSSR count). The molecule has 3 nitrogen and oxygen atoms in total. The number of benzene rings is 1. The van der Waals surface area contributed by atoms with E-state index >= 15 is 0 Å². The maximum atomic E-state index is 5.76. The molecule has 0 spiro atoms. The molecule has 1 aromatic carbocycles. The van der Waals surface area contributed by atoms with Gasteiger partial charge in [-0.05, 0) is 35.4 Å². The van der Waals surface area contributed by atoms with Crippen LogP contribution < -0.4 is 15.2 Å². The van der Waals surface area contributed by atoms with E-state index in [0.29, 0.717) is 6.54 Å². The summed E-state index contributed by atoms with van der Waals surface area (Å²) in [6.45, 7) is 2.53. The molecule has 18 heavy (non-hydrogen) atoms. The Morgan fingerprint density at radius 3 is 2.50 bits per heavy atom. The van der Waals surface area contributed by atoms with Crippen LogP contribution >= 0.6 is 11.3 Å². The van der Waals surface area contributed by atoms with Crippen LogP contribution in [0.3, 0.4) is 0 Å². The Morgan fingerprint density at radius 1 is 1.11 bits per heavy atom. The van der Waals surface area contributed by atoms with E-state index in [1.165, 1.54) is 0 Å². The number of hydrogen-bond donors (Lipinski definition) is 1. The molecule has 0 fully saturated rings. The third-order valence-electron chi connectivity index (χ3n) is 3.03. The van der Waals surface area contributed by atoms with Gasteiger partial charge in [0, 0.05) is 23.2 Å². The minimum absolute atomic E-state index is 0.535. The largest absolute Gasteiger partial charge is 0.496 e. The van der Waals surface area contributed by atoms with Crippen molar-refractivity contribution >= 4 is 11.3 Å². The molecule has 0 bridgehead atoms. The lowest BCUT2D eigenvalue weighted by Gasteiger charge is -2.14. The van der Waals surface area contributed by atoms with E-state index in [-0.39, 0.29) is 0 Å². The van der Waals surface area contributed by atoms with Crippen molar-refractivity contribution in [3.05, 3.63) is 34.0 Å². The lowest BCUT2D eigenvalue weighted by molar-refractivity contribution is 0.390. The summed E-state index contributed by atoms with van der Waals surface area (Å²) in [6, 6.07) is 3.98. The van der Waals surface area contributed by atoms with E-state index in [1.54, 1.807) is 25.6 Å². The van der Waals surface area contributed by atoms with Gasteiger partial charge in [-0.1, -0.05) is 0 Å². The second kappa shape index (κ2) is 5.42. The van der Waals surface area contributed by atoms with Crippen molar-refractivity contribution in [1.82, 2.24) is 0 Å². The molecule has 2 N–H and O–H groups in total. The lowest BCUT2D eigenvalue weighted by Crippen LogP contribution is -1.99. The first-order valence-electron chi connectivity index (χ1n) is 5.70. The predicted octanol–water partition coefficient (Wildman–Crippen LogP) is 3.20. The minimum Gasteiger partial charge on any atom is -0.496 e. The number of rotatable bonds is 4. The van der Waals surface area contributed by atoms with Gasteiger partial charge < -0.3 is 15.2 Å². The number of methoxy groups -OCH3 is 2. The molecule has 0 amide bonds. The van der Waals surface area contributed by atoms with Crippen molar-refractivity contribution in [3.63, 3.8) is 0 Å². The zero-order valence-electron chi connectivity index (χ0n) is 10.8. The molecule has 0 aliphatic carbocycles. The standard InChI is InChI=1S/C14H17NO2S/c1-9-13(16-2)5-4-11(14(9)17-3)12-8-18-7-10(12)6-15/h4-5,7-8H,6,15H2,1-3H3. The number of ether oxygens (including phenoxy) is 2. The Hall–Kier alpha value is -1.52. The Morgan fingerprint density at radius 2 is 1.89 bits per heavy atom. The third-order valence-corrected chi connectivity index (χ3v) is 3.82. The summed E-state index contributed by atoms with van der Waals surface area (Å²) in [4.78, 5) is 0. The highest BCUT2D eigenvalue weighted by molar-refractivity contribution is 7.08. The Bertz CT molecular complexity index is 549. The van der Waals surface area contributed by atoms with Gasteiger partial charge in [-0.3, -0.25) is 0 Å². The molecule has 0 saturated heterocycles. The summed E-state index contributed by atoms with van der Waals surface area (Å²) >= 11 is 1.65. The predicted molar refractivity (Wildman–Crippen MR) is 75.5 cm³/mol. The van der Waals surface area contributed by atoms with Crippen LogP contribution in [-0.4, -0.2) is 14.2 Å². The van der Waals surface area contributed by atoms with Gasteiger partial charge in [0.2, 0.25) is 0 Å². The monoisotopic (exact) mass is 263 g/mol. The van der Waals surface area contributed by atoms with E-state index in [1.807, 2.05) is 19.1 Å². The molecule has 0 unspecified atom stereocenters. The van der Waals surface area contributed by atoms with Crippen LogP contribution in [0.25, 0.3) is 11.1 Å². The topological polar surface area (TPSA) is 44.5 Å². The van der Waals surface area contributed by atoms with E-state index in [4.69, 9.17) is 15.2 Å². The van der Waals surface area contributed by atoms with E-state index in [9.17, 15) is 0 Å². The summed E-state index contributed by atoms with van der Waals surface area (Å²) in [5, 5.41) is 4.18. The van der Waals surface area contributed by atoms with Crippen molar-refractivity contribution in [2.45, 2.75) is 13.5 Å². The average Bonchev–Trinajstić information content (AvgIpc) is 2.86. The fourth-order valence-electron chi connectivity index (χ4n) is 2.09. The molecule has 0 aliphatic heterocycles. The Balaban J connectivity index is 2.61. The van der Waals surface area contributed by atoms with Crippen LogP contribution in [0.15, 0.2) is 22.9 Å². The number of thiophene rings is 1. The zero-order chi connectivity index (χ0) is 13.1. The molecule has 0 atom stereocenters. The van der Waals surface area contributed by atoms with Crippen molar-refractivity contribution in [2.75, 3.05) is 14.2 Å².